The molecule has 0 aromatic carbocycles. The molecular formula is C19H37. The lowest BCUT2D eigenvalue weighted by Crippen LogP contribution is -1.82. The molecule has 0 bridgehead atoms. The second kappa shape index (κ2) is 17.7. The van der Waals surface area contributed by atoms with E-state index in [0.29, 0.717) is 0 Å². The second-order valence-electron chi connectivity index (χ2n) is 5.79. The van der Waals surface area contributed by atoms with E-state index in [1.165, 1.54) is 89.9 Å². The van der Waals surface area contributed by atoms with Gasteiger partial charge in [-0.2, -0.15) is 0 Å². The molecule has 0 fully saturated rings. The third-order valence-electron chi connectivity index (χ3n) is 3.76. The molecule has 0 atom stereocenters. The van der Waals surface area contributed by atoms with Crippen LogP contribution in [0.4, 0.5) is 0 Å². The van der Waals surface area contributed by atoms with Crippen LogP contribution in [0.15, 0.2) is 12.2 Å². The largest absolute Gasteiger partial charge is 0.0885 e. The first kappa shape index (κ1) is 18.7. The molecule has 113 valence electrons. The highest BCUT2D eigenvalue weighted by molar-refractivity contribution is 4.81. The van der Waals surface area contributed by atoms with Crippen LogP contribution in [0.2, 0.25) is 0 Å². The zero-order valence-electron chi connectivity index (χ0n) is 13.5. The Kier molecular flexibility index (Phi) is 17.5. The Balaban J connectivity index is 2.97. The highest BCUT2D eigenvalue weighted by Crippen LogP contribution is 2.12. The van der Waals surface area contributed by atoms with Gasteiger partial charge in [0.2, 0.25) is 0 Å². The van der Waals surface area contributed by atoms with Gasteiger partial charge in [-0.1, -0.05) is 96.6 Å². The average Bonchev–Trinajstić information content (AvgIpc) is 2.43. The van der Waals surface area contributed by atoms with Crippen LogP contribution in [-0.2, 0) is 0 Å². The molecule has 0 aliphatic rings. The smallest absolute Gasteiger partial charge is 0.0351 e. The minimum absolute atomic E-state index is 1.07. The molecule has 0 aliphatic carbocycles. The van der Waals surface area contributed by atoms with Crippen molar-refractivity contribution in [3.05, 3.63) is 19.1 Å². The lowest BCUT2D eigenvalue weighted by Gasteiger charge is -2.01. The van der Waals surface area contributed by atoms with Gasteiger partial charge in [-0.25, -0.2) is 0 Å². The van der Waals surface area contributed by atoms with Gasteiger partial charge in [0.15, 0.2) is 0 Å². The van der Waals surface area contributed by atoms with Gasteiger partial charge in [-0.05, 0) is 25.7 Å². The van der Waals surface area contributed by atoms with Crippen LogP contribution >= 0.6 is 0 Å². The van der Waals surface area contributed by atoms with Crippen molar-refractivity contribution >= 4 is 0 Å². The number of allylic oxidation sites excluding steroid dienone is 2. The Morgan fingerprint density at radius 1 is 0.579 bits per heavy atom. The minimum Gasteiger partial charge on any atom is -0.0885 e. The Labute approximate surface area is 123 Å². The molecule has 0 amide bonds. The van der Waals surface area contributed by atoms with Crippen LogP contribution in [0.25, 0.3) is 0 Å². The van der Waals surface area contributed by atoms with Crippen LogP contribution in [0.3, 0.4) is 0 Å². The van der Waals surface area contributed by atoms with E-state index in [0.717, 1.165) is 6.42 Å². The molecule has 0 spiro atoms. The summed E-state index contributed by atoms with van der Waals surface area (Å²) in [4.78, 5) is 0. The van der Waals surface area contributed by atoms with Crippen molar-refractivity contribution in [3.8, 4) is 0 Å². The van der Waals surface area contributed by atoms with Gasteiger partial charge in [-0.15, -0.1) is 0 Å². The van der Waals surface area contributed by atoms with Crippen molar-refractivity contribution in [3.63, 3.8) is 0 Å². The van der Waals surface area contributed by atoms with Crippen molar-refractivity contribution in [2.75, 3.05) is 0 Å². The van der Waals surface area contributed by atoms with E-state index in [9.17, 15) is 0 Å². The average molecular weight is 266 g/mol. The van der Waals surface area contributed by atoms with E-state index in [1.54, 1.807) is 0 Å². The summed E-state index contributed by atoms with van der Waals surface area (Å²) in [5.74, 6) is 0. The first-order chi connectivity index (χ1) is 9.41. The van der Waals surface area contributed by atoms with Crippen molar-refractivity contribution in [2.45, 2.75) is 103 Å². The van der Waals surface area contributed by atoms with E-state index < -0.39 is 0 Å². The van der Waals surface area contributed by atoms with E-state index in [4.69, 9.17) is 0 Å². The summed E-state index contributed by atoms with van der Waals surface area (Å²) in [5, 5.41) is 0. The molecule has 0 saturated carbocycles. The lowest BCUT2D eigenvalue weighted by atomic mass is 10.1. The van der Waals surface area contributed by atoms with Crippen LogP contribution in [0.1, 0.15) is 103 Å². The van der Waals surface area contributed by atoms with Gasteiger partial charge in [0, 0.05) is 0 Å². The first-order valence-corrected chi connectivity index (χ1v) is 8.86. The summed E-state index contributed by atoms with van der Waals surface area (Å²) >= 11 is 0. The molecule has 0 unspecified atom stereocenters. The third kappa shape index (κ3) is 17.7. The maximum absolute atomic E-state index is 3.86. The predicted molar refractivity (Wildman–Crippen MR) is 89.4 cm³/mol. The van der Waals surface area contributed by atoms with E-state index in [1.807, 2.05) is 0 Å². The van der Waals surface area contributed by atoms with Gasteiger partial charge in [0.05, 0.1) is 0 Å². The highest BCUT2D eigenvalue weighted by atomic mass is 14.0. The monoisotopic (exact) mass is 265 g/mol. The third-order valence-corrected chi connectivity index (χ3v) is 3.76. The standard InChI is InChI=1S/C19H37/c1-3-5-7-9-11-13-15-17-19-18-16-14-12-10-8-6-4-2/h9,11H,1,3-8,10,12-19H2,2H3/b11-9+. The molecule has 0 saturated heterocycles. The highest BCUT2D eigenvalue weighted by Gasteiger charge is 1.92. The van der Waals surface area contributed by atoms with Gasteiger partial charge >= 0.3 is 0 Å². The fourth-order valence-electron chi connectivity index (χ4n) is 2.42. The molecular weight excluding hydrogens is 228 g/mol. The van der Waals surface area contributed by atoms with Crippen molar-refractivity contribution in [1.82, 2.24) is 0 Å². The summed E-state index contributed by atoms with van der Waals surface area (Å²) < 4.78 is 0. The maximum atomic E-state index is 3.86. The Hall–Kier alpha value is -0.260. The molecule has 0 rings (SSSR count). The summed E-state index contributed by atoms with van der Waals surface area (Å²) in [7, 11) is 0. The van der Waals surface area contributed by atoms with Crippen LogP contribution in [-0.4, -0.2) is 0 Å². The summed E-state index contributed by atoms with van der Waals surface area (Å²) in [6.45, 7) is 6.14. The molecule has 0 aromatic rings. The lowest BCUT2D eigenvalue weighted by molar-refractivity contribution is 0.550. The van der Waals surface area contributed by atoms with Gasteiger partial charge in [0.25, 0.3) is 0 Å². The van der Waals surface area contributed by atoms with Gasteiger partial charge in [-0.3, -0.25) is 0 Å². The number of rotatable bonds is 15. The zero-order valence-corrected chi connectivity index (χ0v) is 13.5. The number of unbranched alkanes of at least 4 members (excludes halogenated alkanes) is 13. The second-order valence-corrected chi connectivity index (χ2v) is 5.79. The van der Waals surface area contributed by atoms with E-state index in [-0.39, 0.29) is 0 Å². The van der Waals surface area contributed by atoms with Gasteiger partial charge < -0.3 is 0 Å². The molecule has 0 aromatic heterocycles. The topological polar surface area (TPSA) is 0 Å². The van der Waals surface area contributed by atoms with Crippen molar-refractivity contribution < 1.29 is 0 Å². The Bertz CT molecular complexity index is 169. The molecule has 0 nitrogen and oxygen atoms in total. The Morgan fingerprint density at radius 3 is 1.47 bits per heavy atom. The van der Waals surface area contributed by atoms with Crippen LogP contribution in [0, 0.1) is 6.92 Å². The quantitative estimate of drug-likeness (QED) is 0.216. The SMILES string of the molecule is [CH2]CCC/C=C/CCCCCCCCCCCCC. The van der Waals surface area contributed by atoms with Crippen molar-refractivity contribution in [2.24, 2.45) is 0 Å². The fourth-order valence-corrected chi connectivity index (χ4v) is 2.42. The van der Waals surface area contributed by atoms with Crippen LogP contribution in [0.5, 0.6) is 0 Å². The molecule has 19 heavy (non-hydrogen) atoms. The normalized spacial score (nSPS) is 11.5. The summed E-state index contributed by atoms with van der Waals surface area (Å²) in [6.07, 6.45) is 25.4. The summed E-state index contributed by atoms with van der Waals surface area (Å²) in [5.41, 5.74) is 0. The van der Waals surface area contributed by atoms with Crippen LogP contribution < -0.4 is 0 Å². The predicted octanol–water partition coefficient (Wildman–Crippen LogP) is 7.25. The van der Waals surface area contributed by atoms with Gasteiger partial charge in [0.1, 0.15) is 0 Å². The number of hydrogen-bond donors (Lipinski definition) is 0. The zero-order chi connectivity index (χ0) is 14.0. The minimum atomic E-state index is 1.07. The molecule has 0 N–H and O–H groups in total. The van der Waals surface area contributed by atoms with E-state index >= 15 is 0 Å². The number of hydrogen-bond acceptors (Lipinski definition) is 0. The molecule has 1 radical (unpaired) electrons. The maximum Gasteiger partial charge on any atom is -0.0351 e. The van der Waals surface area contributed by atoms with E-state index in [2.05, 4.69) is 26.0 Å². The molecule has 0 aliphatic heterocycles. The van der Waals surface area contributed by atoms with Crippen molar-refractivity contribution in [1.29, 1.82) is 0 Å². The molecule has 0 heteroatoms. The molecule has 0 heterocycles. The first-order valence-electron chi connectivity index (χ1n) is 8.86. The Morgan fingerprint density at radius 2 is 1.00 bits per heavy atom. The summed E-state index contributed by atoms with van der Waals surface area (Å²) in [6, 6.07) is 0. The fraction of sp³-hybridized carbons (Fsp3) is 0.842.